The first-order valence-corrected chi connectivity index (χ1v) is 10.6. The number of nitrogens with one attached hydrogen (secondary N) is 1. The Kier molecular flexibility index (Phi) is 14.3. The van der Waals surface area contributed by atoms with E-state index in [2.05, 4.69) is 33.4 Å². The molecule has 4 heteroatoms. The standard InChI is InChI=1S/C23H40N2O.ClH/c1-5-6-7-8-9-10-11-12-13-17-20-24-23(26)22(25(2,3)4)21-18-15-14-16-19-21;/h14-16,18-19,22H,5-13,17,20H2,1-4H3;1H. The first kappa shape index (κ1) is 25.9. The number of carbonyl (C=O) groups is 1. The normalized spacial score (nSPS) is 12.3. The lowest BCUT2D eigenvalue weighted by Crippen LogP contribution is -3.00. The summed E-state index contributed by atoms with van der Waals surface area (Å²) in [7, 11) is 6.24. The molecule has 0 aliphatic heterocycles. The molecule has 0 saturated heterocycles. The van der Waals surface area contributed by atoms with Crippen molar-refractivity contribution in [1.29, 1.82) is 0 Å². The van der Waals surface area contributed by atoms with Crippen LogP contribution in [-0.4, -0.2) is 38.1 Å². The Balaban J connectivity index is 0.00000676. The van der Waals surface area contributed by atoms with Gasteiger partial charge in [0.25, 0.3) is 5.91 Å². The average Bonchev–Trinajstić information content (AvgIpc) is 2.59. The van der Waals surface area contributed by atoms with E-state index in [4.69, 9.17) is 0 Å². The van der Waals surface area contributed by atoms with Gasteiger partial charge in [-0.15, -0.1) is 0 Å². The van der Waals surface area contributed by atoms with Gasteiger partial charge in [-0.1, -0.05) is 95.0 Å². The maximum absolute atomic E-state index is 12.7. The molecule has 3 nitrogen and oxygen atoms in total. The summed E-state index contributed by atoms with van der Waals surface area (Å²) in [4.78, 5) is 12.7. The molecule has 1 amide bonds. The second kappa shape index (κ2) is 14.9. The van der Waals surface area contributed by atoms with Gasteiger partial charge in [0.1, 0.15) is 0 Å². The number of unbranched alkanes of at least 4 members (excludes halogenated alkanes) is 9. The first-order valence-electron chi connectivity index (χ1n) is 10.6. The van der Waals surface area contributed by atoms with Gasteiger partial charge in [0.2, 0.25) is 0 Å². The minimum atomic E-state index is -0.153. The molecule has 1 rings (SSSR count). The summed E-state index contributed by atoms with van der Waals surface area (Å²) in [5, 5.41) is 3.16. The third-order valence-corrected chi connectivity index (χ3v) is 4.97. The minimum absolute atomic E-state index is 0. The molecule has 1 unspecified atom stereocenters. The monoisotopic (exact) mass is 396 g/mol. The largest absolute Gasteiger partial charge is 1.00 e. The van der Waals surface area contributed by atoms with E-state index < -0.39 is 0 Å². The van der Waals surface area contributed by atoms with Crippen LogP contribution in [0, 0.1) is 0 Å². The summed E-state index contributed by atoms with van der Waals surface area (Å²) in [6.07, 6.45) is 13.2. The molecule has 1 atom stereocenters. The second-order valence-electron chi connectivity index (χ2n) is 8.40. The van der Waals surface area contributed by atoms with Gasteiger partial charge >= 0.3 is 0 Å². The van der Waals surface area contributed by atoms with Crippen molar-refractivity contribution >= 4 is 5.91 Å². The van der Waals surface area contributed by atoms with E-state index in [1.165, 1.54) is 57.8 Å². The molecule has 0 saturated carbocycles. The fourth-order valence-corrected chi connectivity index (χ4v) is 3.51. The van der Waals surface area contributed by atoms with Crippen molar-refractivity contribution in [3.63, 3.8) is 0 Å². The van der Waals surface area contributed by atoms with Gasteiger partial charge in [-0.2, -0.15) is 0 Å². The van der Waals surface area contributed by atoms with Crippen molar-refractivity contribution in [3.8, 4) is 0 Å². The minimum Gasteiger partial charge on any atom is -1.00 e. The number of amides is 1. The predicted octanol–water partition coefficient (Wildman–Crippen LogP) is 2.48. The number of nitrogens with zero attached hydrogens (tertiary/aromatic N) is 1. The summed E-state index contributed by atoms with van der Waals surface area (Å²) in [6.45, 7) is 3.06. The van der Waals surface area contributed by atoms with Gasteiger partial charge in [-0.3, -0.25) is 4.79 Å². The number of rotatable bonds is 14. The van der Waals surface area contributed by atoms with Crippen molar-refractivity contribution in [1.82, 2.24) is 5.32 Å². The quantitative estimate of drug-likeness (QED) is 0.380. The number of hydrogen-bond donors (Lipinski definition) is 1. The molecule has 27 heavy (non-hydrogen) atoms. The lowest BCUT2D eigenvalue weighted by atomic mass is 10.0. The zero-order valence-electron chi connectivity index (χ0n) is 18.0. The SMILES string of the molecule is CCCCCCCCCCCCNC(=O)C(c1ccccc1)[N+](C)(C)C.[Cl-]. The van der Waals surface area contributed by atoms with Gasteiger partial charge < -0.3 is 22.2 Å². The van der Waals surface area contributed by atoms with Gasteiger partial charge in [0, 0.05) is 12.1 Å². The van der Waals surface area contributed by atoms with E-state index in [-0.39, 0.29) is 24.4 Å². The molecule has 0 aliphatic carbocycles. The predicted molar refractivity (Wildman–Crippen MR) is 112 cm³/mol. The zero-order valence-corrected chi connectivity index (χ0v) is 18.7. The van der Waals surface area contributed by atoms with Gasteiger partial charge in [-0.25, -0.2) is 0 Å². The Morgan fingerprint density at radius 1 is 0.852 bits per heavy atom. The molecule has 0 spiro atoms. The molecule has 1 N–H and O–H groups in total. The highest BCUT2D eigenvalue weighted by atomic mass is 35.5. The van der Waals surface area contributed by atoms with E-state index in [1.807, 2.05) is 30.3 Å². The molecule has 0 aliphatic rings. The first-order chi connectivity index (χ1) is 12.5. The number of carbonyl (C=O) groups excluding carboxylic acids is 1. The maximum atomic E-state index is 12.7. The Morgan fingerprint density at radius 3 is 1.81 bits per heavy atom. The highest BCUT2D eigenvalue weighted by Gasteiger charge is 2.32. The summed E-state index contributed by atoms with van der Waals surface area (Å²) in [6, 6.07) is 9.96. The fraction of sp³-hybridized carbons (Fsp3) is 0.696. The number of benzene rings is 1. The Hall–Kier alpha value is -1.06. The number of likely N-dealkylation sites (N-methyl/N-ethyl adjacent to an activating group) is 1. The molecule has 156 valence electrons. The lowest BCUT2D eigenvalue weighted by molar-refractivity contribution is -0.892. The average molecular weight is 397 g/mol. The van der Waals surface area contributed by atoms with E-state index in [1.54, 1.807) is 0 Å². The van der Waals surface area contributed by atoms with Crippen LogP contribution in [0.25, 0.3) is 0 Å². The molecule has 1 aromatic carbocycles. The Labute approximate surface area is 173 Å². The molecule has 0 heterocycles. The van der Waals surface area contributed by atoms with Crippen LogP contribution in [0.2, 0.25) is 0 Å². The highest BCUT2D eigenvalue weighted by Crippen LogP contribution is 2.23. The van der Waals surface area contributed by atoms with Crippen molar-refractivity contribution in [2.45, 2.75) is 77.2 Å². The van der Waals surface area contributed by atoms with Crippen LogP contribution in [0.15, 0.2) is 30.3 Å². The van der Waals surface area contributed by atoms with E-state index in [9.17, 15) is 4.79 Å². The Bertz CT molecular complexity index is 485. The van der Waals surface area contributed by atoms with Crippen LogP contribution in [0.5, 0.6) is 0 Å². The molecule has 0 radical (unpaired) electrons. The molecule has 1 aromatic rings. The van der Waals surface area contributed by atoms with Gasteiger partial charge in [-0.05, 0) is 6.42 Å². The van der Waals surface area contributed by atoms with E-state index in [0.717, 1.165) is 18.5 Å². The highest BCUT2D eigenvalue weighted by molar-refractivity contribution is 5.82. The third kappa shape index (κ3) is 11.4. The van der Waals surface area contributed by atoms with Crippen molar-refractivity contribution in [2.24, 2.45) is 0 Å². The van der Waals surface area contributed by atoms with Crippen molar-refractivity contribution in [3.05, 3.63) is 35.9 Å². The summed E-state index contributed by atoms with van der Waals surface area (Å²) < 4.78 is 0.605. The van der Waals surface area contributed by atoms with Crippen LogP contribution < -0.4 is 17.7 Å². The summed E-state index contributed by atoms with van der Waals surface area (Å²) in [5.74, 6) is 0.139. The van der Waals surface area contributed by atoms with Crippen LogP contribution in [-0.2, 0) is 4.79 Å². The number of quaternary nitrogens is 1. The van der Waals surface area contributed by atoms with E-state index >= 15 is 0 Å². The molecule has 0 aromatic heterocycles. The fourth-order valence-electron chi connectivity index (χ4n) is 3.51. The topological polar surface area (TPSA) is 29.1 Å². The van der Waals surface area contributed by atoms with Crippen molar-refractivity contribution in [2.75, 3.05) is 27.7 Å². The van der Waals surface area contributed by atoms with Gasteiger partial charge in [0.05, 0.1) is 21.1 Å². The molecular weight excluding hydrogens is 356 g/mol. The van der Waals surface area contributed by atoms with Crippen molar-refractivity contribution < 1.29 is 21.7 Å². The molecule has 0 fully saturated rings. The zero-order chi connectivity index (χ0) is 19.3. The van der Waals surface area contributed by atoms with Crippen LogP contribution in [0.4, 0.5) is 0 Å². The van der Waals surface area contributed by atoms with Crippen LogP contribution in [0.3, 0.4) is 0 Å². The van der Waals surface area contributed by atoms with Gasteiger partial charge in [0.15, 0.2) is 6.04 Å². The van der Waals surface area contributed by atoms with E-state index in [0.29, 0.717) is 4.48 Å². The molecule has 0 bridgehead atoms. The van der Waals surface area contributed by atoms with Crippen LogP contribution >= 0.6 is 0 Å². The second-order valence-corrected chi connectivity index (χ2v) is 8.40. The number of hydrogen-bond acceptors (Lipinski definition) is 1. The number of halogens is 1. The maximum Gasteiger partial charge on any atom is 0.283 e. The smallest absolute Gasteiger partial charge is 0.283 e. The molecular formula is C23H41ClN2O. The Morgan fingerprint density at radius 2 is 1.33 bits per heavy atom. The summed E-state index contributed by atoms with van der Waals surface area (Å²) in [5.41, 5.74) is 1.08. The van der Waals surface area contributed by atoms with Crippen LogP contribution in [0.1, 0.15) is 82.7 Å². The lowest BCUT2D eigenvalue weighted by Gasteiger charge is -2.33. The summed E-state index contributed by atoms with van der Waals surface area (Å²) >= 11 is 0. The third-order valence-electron chi connectivity index (χ3n) is 4.97.